The fourth-order valence-corrected chi connectivity index (χ4v) is 1.53. The molecule has 0 saturated carbocycles. The first-order valence-electron chi connectivity index (χ1n) is 5.08. The summed E-state index contributed by atoms with van der Waals surface area (Å²) >= 11 is 5.69. The fourth-order valence-electron chi connectivity index (χ4n) is 1.40. The smallest absolute Gasteiger partial charge is 0.224 e. The molecule has 0 atom stereocenters. The van der Waals surface area contributed by atoms with Gasteiger partial charge in [0.2, 0.25) is 5.28 Å². The lowest BCUT2D eigenvalue weighted by molar-refractivity contribution is 0.630. The molecule has 2 rings (SSSR count). The quantitative estimate of drug-likeness (QED) is 0.829. The van der Waals surface area contributed by atoms with Gasteiger partial charge in [-0.05, 0) is 43.1 Å². The van der Waals surface area contributed by atoms with Crippen molar-refractivity contribution in [2.24, 2.45) is 0 Å². The molecule has 88 valence electrons. The van der Waals surface area contributed by atoms with Crippen molar-refractivity contribution in [1.82, 2.24) is 9.97 Å². The van der Waals surface area contributed by atoms with Gasteiger partial charge < -0.3 is 5.32 Å². The minimum absolute atomic E-state index is 0.130. The molecule has 0 saturated heterocycles. The molecule has 1 heterocycles. The van der Waals surface area contributed by atoms with Crippen molar-refractivity contribution in [2.75, 3.05) is 5.32 Å². The highest BCUT2D eigenvalue weighted by atomic mass is 35.5. The van der Waals surface area contributed by atoms with Crippen LogP contribution in [-0.4, -0.2) is 9.97 Å². The van der Waals surface area contributed by atoms with E-state index in [1.807, 2.05) is 19.9 Å². The summed E-state index contributed by atoms with van der Waals surface area (Å²) in [5, 5.41) is 3.03. The third-order valence-corrected chi connectivity index (χ3v) is 2.50. The molecule has 0 unspecified atom stereocenters. The van der Waals surface area contributed by atoms with E-state index in [-0.39, 0.29) is 11.1 Å². The van der Waals surface area contributed by atoms with Gasteiger partial charge >= 0.3 is 0 Å². The molecule has 0 aliphatic rings. The molecular weight excluding hydrogens is 241 g/mol. The zero-order valence-corrected chi connectivity index (χ0v) is 10.2. The van der Waals surface area contributed by atoms with Crippen molar-refractivity contribution in [1.29, 1.82) is 0 Å². The molecule has 0 amide bonds. The fraction of sp³-hybridized carbons (Fsp3) is 0.167. The second-order valence-electron chi connectivity index (χ2n) is 3.78. The van der Waals surface area contributed by atoms with E-state index in [0.29, 0.717) is 11.5 Å². The molecule has 1 aromatic heterocycles. The van der Waals surface area contributed by atoms with Crippen molar-refractivity contribution < 1.29 is 4.39 Å². The van der Waals surface area contributed by atoms with Crippen LogP contribution in [0.15, 0.2) is 24.4 Å². The number of halogens is 2. The summed E-state index contributed by atoms with van der Waals surface area (Å²) in [5.74, 6) is 0.187. The van der Waals surface area contributed by atoms with E-state index >= 15 is 0 Å². The highest BCUT2D eigenvalue weighted by molar-refractivity contribution is 6.28. The summed E-state index contributed by atoms with van der Waals surface area (Å²) in [7, 11) is 0. The van der Waals surface area contributed by atoms with Crippen LogP contribution >= 0.6 is 11.6 Å². The van der Waals surface area contributed by atoms with Crippen LogP contribution in [-0.2, 0) is 0 Å². The monoisotopic (exact) mass is 251 g/mol. The van der Waals surface area contributed by atoms with Crippen LogP contribution in [0.1, 0.15) is 11.1 Å². The van der Waals surface area contributed by atoms with E-state index in [9.17, 15) is 4.39 Å². The average molecular weight is 252 g/mol. The summed E-state index contributed by atoms with van der Waals surface area (Å²) in [6, 6.07) is 4.95. The van der Waals surface area contributed by atoms with Gasteiger partial charge in [-0.15, -0.1) is 0 Å². The van der Waals surface area contributed by atoms with Gasteiger partial charge in [0.1, 0.15) is 11.6 Å². The van der Waals surface area contributed by atoms with Crippen LogP contribution in [0, 0.1) is 19.7 Å². The van der Waals surface area contributed by atoms with E-state index in [0.717, 1.165) is 11.1 Å². The van der Waals surface area contributed by atoms with Crippen LogP contribution in [0.2, 0.25) is 5.28 Å². The van der Waals surface area contributed by atoms with Crippen molar-refractivity contribution >= 4 is 23.1 Å². The predicted molar refractivity (Wildman–Crippen MR) is 66.2 cm³/mol. The zero-order chi connectivity index (χ0) is 12.4. The van der Waals surface area contributed by atoms with Gasteiger partial charge in [-0.25, -0.2) is 14.4 Å². The molecule has 0 spiro atoms. The molecule has 0 radical (unpaired) electrons. The standard InChI is InChI=1S/C12H11ClFN3/c1-7-3-4-10(9(14)5-7)16-11-8(2)6-15-12(13)17-11/h3-6H,1-2H3,(H,15,16,17). The molecule has 0 aliphatic heterocycles. The molecule has 3 nitrogen and oxygen atoms in total. The van der Waals surface area contributed by atoms with E-state index in [4.69, 9.17) is 11.6 Å². The normalized spacial score (nSPS) is 10.4. The Morgan fingerprint density at radius 1 is 1.29 bits per heavy atom. The maximum atomic E-state index is 13.6. The van der Waals surface area contributed by atoms with E-state index in [2.05, 4.69) is 15.3 Å². The van der Waals surface area contributed by atoms with E-state index < -0.39 is 0 Å². The second-order valence-corrected chi connectivity index (χ2v) is 4.12. The summed E-state index contributed by atoms with van der Waals surface area (Å²) in [5.41, 5.74) is 2.04. The van der Waals surface area contributed by atoms with Crippen molar-refractivity contribution in [3.05, 3.63) is 46.6 Å². The van der Waals surface area contributed by atoms with Crippen molar-refractivity contribution in [2.45, 2.75) is 13.8 Å². The maximum Gasteiger partial charge on any atom is 0.224 e. The Bertz CT molecular complexity index is 557. The molecular formula is C12H11ClFN3. The minimum Gasteiger partial charge on any atom is -0.337 e. The lowest BCUT2D eigenvalue weighted by atomic mass is 10.2. The van der Waals surface area contributed by atoms with Gasteiger partial charge in [-0.3, -0.25) is 0 Å². The topological polar surface area (TPSA) is 37.8 Å². The average Bonchev–Trinajstić information content (AvgIpc) is 2.27. The molecule has 0 fully saturated rings. The summed E-state index contributed by atoms with van der Waals surface area (Å²) in [6.07, 6.45) is 1.59. The number of hydrogen-bond acceptors (Lipinski definition) is 3. The molecule has 17 heavy (non-hydrogen) atoms. The van der Waals surface area contributed by atoms with Gasteiger partial charge in [0, 0.05) is 11.8 Å². The van der Waals surface area contributed by atoms with Crippen LogP contribution in [0.5, 0.6) is 0 Å². The Morgan fingerprint density at radius 3 is 2.76 bits per heavy atom. The number of aryl methyl sites for hydroxylation is 2. The number of rotatable bonds is 2. The Balaban J connectivity index is 2.34. The summed E-state index contributed by atoms with van der Waals surface area (Å²) < 4.78 is 13.6. The number of hydrogen-bond donors (Lipinski definition) is 1. The van der Waals surface area contributed by atoms with Gasteiger partial charge in [0.25, 0.3) is 0 Å². The van der Waals surface area contributed by atoms with Gasteiger partial charge in [0.15, 0.2) is 0 Å². The minimum atomic E-state index is -0.320. The molecule has 5 heteroatoms. The lowest BCUT2D eigenvalue weighted by Crippen LogP contribution is -2.00. The molecule has 0 bridgehead atoms. The van der Waals surface area contributed by atoms with Crippen LogP contribution < -0.4 is 5.32 Å². The number of nitrogens with zero attached hydrogens (tertiary/aromatic N) is 2. The molecule has 2 aromatic rings. The summed E-state index contributed by atoms with van der Waals surface area (Å²) in [6.45, 7) is 3.66. The second kappa shape index (κ2) is 4.67. The highest BCUT2D eigenvalue weighted by Gasteiger charge is 2.06. The maximum absolute atomic E-state index is 13.6. The summed E-state index contributed by atoms with van der Waals surface area (Å²) in [4.78, 5) is 7.85. The Labute approximate surface area is 104 Å². The largest absolute Gasteiger partial charge is 0.337 e. The van der Waals surface area contributed by atoms with Crippen molar-refractivity contribution in [3.8, 4) is 0 Å². The molecule has 0 aliphatic carbocycles. The van der Waals surface area contributed by atoms with Gasteiger partial charge in [-0.1, -0.05) is 6.07 Å². The Hall–Kier alpha value is -1.68. The van der Waals surface area contributed by atoms with Gasteiger partial charge in [-0.2, -0.15) is 0 Å². The van der Waals surface area contributed by atoms with E-state index in [1.54, 1.807) is 12.3 Å². The zero-order valence-electron chi connectivity index (χ0n) is 9.46. The number of aromatic nitrogens is 2. The van der Waals surface area contributed by atoms with Crippen molar-refractivity contribution in [3.63, 3.8) is 0 Å². The predicted octanol–water partition coefficient (Wildman–Crippen LogP) is 3.63. The Kier molecular flexibility index (Phi) is 3.24. The first-order valence-corrected chi connectivity index (χ1v) is 5.46. The molecule has 1 N–H and O–H groups in total. The van der Waals surface area contributed by atoms with Crippen LogP contribution in [0.4, 0.5) is 15.9 Å². The van der Waals surface area contributed by atoms with Gasteiger partial charge in [0.05, 0.1) is 5.69 Å². The number of nitrogens with one attached hydrogen (secondary N) is 1. The molecule has 1 aromatic carbocycles. The van der Waals surface area contributed by atoms with E-state index in [1.165, 1.54) is 6.07 Å². The number of benzene rings is 1. The number of anilines is 2. The third-order valence-electron chi connectivity index (χ3n) is 2.32. The first kappa shape index (κ1) is 11.8. The van der Waals surface area contributed by atoms with Crippen LogP contribution in [0.3, 0.4) is 0 Å². The lowest BCUT2D eigenvalue weighted by Gasteiger charge is -2.09. The van der Waals surface area contributed by atoms with Crippen LogP contribution in [0.25, 0.3) is 0 Å². The first-order chi connectivity index (χ1) is 8.06. The SMILES string of the molecule is Cc1ccc(Nc2nc(Cl)ncc2C)c(F)c1. The highest BCUT2D eigenvalue weighted by Crippen LogP contribution is 2.22. The Morgan fingerprint density at radius 2 is 2.06 bits per heavy atom. The third kappa shape index (κ3) is 2.71.